The van der Waals surface area contributed by atoms with Crippen molar-refractivity contribution in [2.24, 2.45) is 5.73 Å². The Balaban J connectivity index is 0.643. The Morgan fingerprint density at radius 2 is 1.49 bits per heavy atom. The van der Waals surface area contributed by atoms with E-state index in [0.29, 0.717) is 97.4 Å². The Hall–Kier alpha value is -7.00. The lowest BCUT2D eigenvalue weighted by Crippen LogP contribution is -2.57. The third-order valence-corrected chi connectivity index (χ3v) is 14.2. The number of carbonyl (C=O) groups is 5. The maximum absolute atomic E-state index is 13.0. The standard InChI is InChI=1S/C53H64N10O12/c1-59-32-39(74-28-26-72-24-22-70-20-19-69-21-23-71-25-27-73-38-9-10-41-43(30-38)51(67)63(50(41)66)46-11-12-47(64)57-49(46)65)29-37(59)34-75-53-56-44-33-60(45-8-4-6-35-5-2-3-7-40(35)45)16-14-42(44)48(58-53)61-17-18-62(52(55)68)36(31-61)13-15-54/h2-10,30,36-37,39,46H,11-14,16-29,31-34H2,1H3,(H2,55,68)(H,57,64,65)/t36-,37-,39+,46?/m0/s1. The Bertz CT molecular complexity index is 2750. The molecule has 1 unspecified atom stereocenters. The molecule has 0 aliphatic carbocycles. The highest BCUT2D eigenvalue weighted by Gasteiger charge is 2.45. The highest BCUT2D eigenvalue weighted by molar-refractivity contribution is 6.23. The van der Waals surface area contributed by atoms with E-state index < -0.39 is 35.7 Å². The highest BCUT2D eigenvalue weighted by Crippen LogP contribution is 2.36. The van der Waals surface area contributed by atoms with Crippen molar-refractivity contribution < 1.29 is 57.1 Å². The summed E-state index contributed by atoms with van der Waals surface area (Å²) in [6.07, 6.45) is 1.81. The number of ether oxygens (including phenoxy) is 7. The summed E-state index contributed by atoms with van der Waals surface area (Å²) in [5, 5.41) is 14.1. The van der Waals surface area contributed by atoms with Crippen molar-refractivity contribution in [3.8, 4) is 17.8 Å². The van der Waals surface area contributed by atoms with Gasteiger partial charge in [0.15, 0.2) is 0 Å². The quantitative estimate of drug-likeness (QED) is 0.0756. The second-order valence-electron chi connectivity index (χ2n) is 19.0. The van der Waals surface area contributed by atoms with Gasteiger partial charge in [-0.3, -0.25) is 34.3 Å². The molecule has 398 valence electrons. The van der Waals surface area contributed by atoms with Gasteiger partial charge in [0.05, 0.1) is 107 Å². The van der Waals surface area contributed by atoms with Crippen LogP contribution in [0, 0.1) is 11.3 Å². The average Bonchev–Trinajstić information content (AvgIpc) is 3.90. The SMILES string of the molecule is CN1C[C@H](OCCOCCOCCOCCOCCOc2ccc3c(c2)C(=O)N(C2CCC(=O)NC2=O)C3=O)C[C@H]1COc1nc2c(c(N3CCN(C(N)=O)[C@@H](CC#N)C3)n1)CCN(c1cccc3ccccc13)C2. The van der Waals surface area contributed by atoms with Crippen molar-refractivity contribution in [3.05, 3.63) is 83.0 Å². The lowest BCUT2D eigenvalue weighted by molar-refractivity contribution is -0.136. The molecule has 3 fully saturated rings. The number of benzene rings is 3. The van der Waals surface area contributed by atoms with Crippen molar-refractivity contribution in [1.29, 1.82) is 5.26 Å². The summed E-state index contributed by atoms with van der Waals surface area (Å²) in [5.41, 5.74) is 9.14. The van der Waals surface area contributed by atoms with Crippen molar-refractivity contribution in [2.45, 2.75) is 62.9 Å². The van der Waals surface area contributed by atoms with Crippen LogP contribution in [0.25, 0.3) is 10.8 Å². The molecule has 4 atom stereocenters. The summed E-state index contributed by atoms with van der Waals surface area (Å²) < 4.78 is 40.9. The second kappa shape index (κ2) is 25.0. The number of likely N-dealkylation sites (tertiary alicyclic amines) is 1. The van der Waals surface area contributed by atoms with Gasteiger partial charge >= 0.3 is 12.0 Å². The normalized spacial score (nSPS) is 20.9. The Morgan fingerprint density at radius 3 is 2.24 bits per heavy atom. The summed E-state index contributed by atoms with van der Waals surface area (Å²) in [6.45, 7) is 7.51. The lowest BCUT2D eigenvalue weighted by Gasteiger charge is -2.41. The van der Waals surface area contributed by atoms with E-state index >= 15 is 0 Å². The van der Waals surface area contributed by atoms with E-state index in [1.54, 1.807) is 11.0 Å². The number of nitriles is 1. The molecule has 6 amide bonds. The number of piperazine rings is 1. The summed E-state index contributed by atoms with van der Waals surface area (Å²) in [5.74, 6) is -1.09. The molecule has 0 radical (unpaired) electrons. The first-order chi connectivity index (χ1) is 36.6. The molecule has 9 rings (SSSR count). The zero-order valence-electron chi connectivity index (χ0n) is 42.2. The number of carbonyl (C=O) groups excluding carboxylic acids is 5. The number of aromatic nitrogens is 2. The predicted molar refractivity (Wildman–Crippen MR) is 271 cm³/mol. The van der Waals surface area contributed by atoms with Crippen LogP contribution in [0.1, 0.15) is 57.7 Å². The molecular weight excluding hydrogens is 969 g/mol. The molecule has 3 aromatic carbocycles. The molecule has 6 heterocycles. The van der Waals surface area contributed by atoms with Gasteiger partial charge in [-0.05, 0) is 56.0 Å². The van der Waals surface area contributed by atoms with E-state index in [0.717, 1.165) is 53.6 Å². The molecule has 0 bridgehead atoms. The number of fused-ring (bicyclic) bond motifs is 3. The smallest absolute Gasteiger partial charge is 0.318 e. The minimum absolute atomic E-state index is 0.0105. The summed E-state index contributed by atoms with van der Waals surface area (Å²) in [4.78, 5) is 81.3. The van der Waals surface area contributed by atoms with Crippen LogP contribution in [0.5, 0.6) is 11.8 Å². The molecule has 75 heavy (non-hydrogen) atoms. The number of piperidine rings is 1. The Morgan fingerprint density at radius 1 is 0.773 bits per heavy atom. The number of imide groups is 2. The monoisotopic (exact) mass is 1030 g/mol. The fourth-order valence-corrected chi connectivity index (χ4v) is 10.3. The number of hydrogen-bond donors (Lipinski definition) is 2. The second-order valence-corrected chi connectivity index (χ2v) is 19.0. The molecule has 22 nitrogen and oxygen atoms in total. The van der Waals surface area contributed by atoms with Gasteiger partial charge in [-0.1, -0.05) is 36.4 Å². The predicted octanol–water partition coefficient (Wildman–Crippen LogP) is 2.69. The van der Waals surface area contributed by atoms with Crippen LogP contribution in [0.15, 0.2) is 60.7 Å². The number of nitrogens with one attached hydrogen (secondary N) is 1. The van der Waals surface area contributed by atoms with Crippen LogP contribution >= 0.6 is 0 Å². The molecule has 3 N–H and O–H groups in total. The van der Waals surface area contributed by atoms with Crippen molar-refractivity contribution >= 4 is 51.9 Å². The van der Waals surface area contributed by atoms with E-state index in [9.17, 15) is 29.2 Å². The number of anilines is 2. The van der Waals surface area contributed by atoms with E-state index in [4.69, 9.17) is 48.9 Å². The minimum Gasteiger partial charge on any atom is -0.491 e. The van der Waals surface area contributed by atoms with Crippen LogP contribution in [0.4, 0.5) is 16.3 Å². The molecule has 1 aromatic heterocycles. The van der Waals surface area contributed by atoms with Gasteiger partial charge in [0.25, 0.3) is 11.8 Å². The van der Waals surface area contributed by atoms with Crippen LogP contribution < -0.4 is 30.3 Å². The third-order valence-electron chi connectivity index (χ3n) is 14.2. The molecule has 0 saturated carbocycles. The summed E-state index contributed by atoms with van der Waals surface area (Å²) in [6, 6.07) is 20.0. The molecule has 4 aromatic rings. The zero-order valence-corrected chi connectivity index (χ0v) is 42.2. The number of nitrogens with two attached hydrogens (primary N) is 1. The summed E-state index contributed by atoms with van der Waals surface area (Å²) >= 11 is 0. The molecule has 5 aliphatic heterocycles. The van der Waals surface area contributed by atoms with Crippen LogP contribution in [-0.4, -0.2) is 191 Å². The lowest BCUT2D eigenvalue weighted by atomic mass is 10.0. The average molecular weight is 1030 g/mol. The van der Waals surface area contributed by atoms with Gasteiger partial charge in [-0.2, -0.15) is 15.2 Å². The van der Waals surface area contributed by atoms with Crippen molar-refractivity contribution in [2.75, 3.05) is 122 Å². The van der Waals surface area contributed by atoms with E-state index in [1.807, 2.05) is 0 Å². The van der Waals surface area contributed by atoms with Crippen LogP contribution in [0.2, 0.25) is 0 Å². The van der Waals surface area contributed by atoms with E-state index in [2.05, 4.69) is 75.6 Å². The number of rotatable bonds is 24. The molecule has 0 spiro atoms. The van der Waals surface area contributed by atoms with E-state index in [-0.39, 0.29) is 61.8 Å². The number of amides is 6. The minimum atomic E-state index is -1.03. The van der Waals surface area contributed by atoms with Gasteiger partial charge in [-0.25, -0.2) is 4.79 Å². The van der Waals surface area contributed by atoms with Gasteiger partial charge in [-0.15, -0.1) is 0 Å². The first-order valence-corrected chi connectivity index (χ1v) is 25.6. The first kappa shape index (κ1) is 52.8. The fourth-order valence-electron chi connectivity index (χ4n) is 10.3. The number of urea groups is 1. The van der Waals surface area contributed by atoms with Crippen molar-refractivity contribution in [3.63, 3.8) is 0 Å². The van der Waals surface area contributed by atoms with Crippen molar-refractivity contribution in [1.82, 2.24) is 30.0 Å². The van der Waals surface area contributed by atoms with Gasteiger partial charge in [0.1, 0.15) is 30.8 Å². The topological polar surface area (TPSA) is 254 Å². The molecule has 5 aliphatic rings. The number of hydrogen-bond acceptors (Lipinski definition) is 18. The molecule has 3 saturated heterocycles. The Kier molecular flexibility index (Phi) is 17.6. The number of primary amides is 1. The highest BCUT2D eigenvalue weighted by atomic mass is 16.6. The van der Waals surface area contributed by atoms with Gasteiger partial charge in [0, 0.05) is 61.8 Å². The van der Waals surface area contributed by atoms with Gasteiger partial charge < -0.3 is 53.6 Å². The third kappa shape index (κ3) is 12.8. The van der Waals surface area contributed by atoms with Gasteiger partial charge in [0.2, 0.25) is 11.8 Å². The maximum atomic E-state index is 13.0. The molecular formula is C53H64N10O12. The Labute approximate surface area is 434 Å². The first-order valence-electron chi connectivity index (χ1n) is 25.6. The molecule has 22 heteroatoms. The van der Waals surface area contributed by atoms with E-state index in [1.165, 1.54) is 22.9 Å². The summed E-state index contributed by atoms with van der Waals surface area (Å²) in [7, 11) is 2.06. The number of nitrogens with zero attached hydrogens (tertiary/aromatic N) is 8. The largest absolute Gasteiger partial charge is 0.491 e. The van der Waals surface area contributed by atoms with Crippen LogP contribution in [-0.2, 0) is 46.2 Å². The van der Waals surface area contributed by atoms with Crippen LogP contribution in [0.3, 0.4) is 0 Å². The zero-order chi connectivity index (χ0) is 52.3. The fraction of sp³-hybridized carbons (Fsp3) is 0.509. The maximum Gasteiger partial charge on any atom is 0.318 e. The number of likely N-dealkylation sites (N-methyl/N-ethyl adjacent to an activating group) is 1.